The molecule has 1 saturated heterocycles. The minimum absolute atomic E-state index is 0.0245. The molecule has 0 bridgehead atoms. The number of para-hydroxylation sites is 1. The Morgan fingerprint density at radius 1 is 0.913 bits per heavy atom. The third kappa shape index (κ3) is 2.52. The van der Waals surface area contributed by atoms with Gasteiger partial charge in [0, 0.05) is 0 Å². The standard InChI is InChI=1S/C20H25NO2/c1-12-10-14-15(11-13(12)2)19(23)21(18(14)22)17-9-7-6-8-16(17)20(3,4)5/h6-9,14-15H,10-11H2,1-5H3/t14-,15+. The zero-order valence-electron chi connectivity index (χ0n) is 14.6. The van der Waals surface area contributed by atoms with E-state index in [0.29, 0.717) is 0 Å². The van der Waals surface area contributed by atoms with Crippen molar-refractivity contribution in [3.8, 4) is 0 Å². The lowest BCUT2D eigenvalue weighted by Crippen LogP contribution is -2.33. The second-order valence-corrected chi connectivity index (χ2v) is 7.96. The van der Waals surface area contributed by atoms with Gasteiger partial charge in [0.15, 0.2) is 0 Å². The number of fused-ring (bicyclic) bond motifs is 1. The smallest absolute Gasteiger partial charge is 0.238 e. The van der Waals surface area contributed by atoms with Crippen LogP contribution in [0, 0.1) is 11.8 Å². The van der Waals surface area contributed by atoms with Crippen molar-refractivity contribution in [2.45, 2.75) is 52.9 Å². The summed E-state index contributed by atoms with van der Waals surface area (Å²) in [5.41, 5.74) is 4.22. The molecule has 2 atom stereocenters. The number of nitrogens with zero attached hydrogens (tertiary/aromatic N) is 1. The van der Waals surface area contributed by atoms with Gasteiger partial charge >= 0.3 is 0 Å². The van der Waals surface area contributed by atoms with E-state index in [1.807, 2.05) is 24.3 Å². The van der Waals surface area contributed by atoms with E-state index < -0.39 is 0 Å². The van der Waals surface area contributed by atoms with E-state index in [1.54, 1.807) is 0 Å². The Labute approximate surface area is 138 Å². The van der Waals surface area contributed by atoms with Gasteiger partial charge in [-0.1, -0.05) is 50.1 Å². The third-order valence-electron chi connectivity index (χ3n) is 5.29. The molecule has 3 rings (SSSR count). The van der Waals surface area contributed by atoms with Gasteiger partial charge in [0.25, 0.3) is 0 Å². The molecule has 23 heavy (non-hydrogen) atoms. The topological polar surface area (TPSA) is 37.4 Å². The Morgan fingerprint density at radius 3 is 1.87 bits per heavy atom. The summed E-state index contributed by atoms with van der Waals surface area (Å²) in [6.07, 6.45) is 1.44. The van der Waals surface area contributed by atoms with Crippen molar-refractivity contribution >= 4 is 17.5 Å². The van der Waals surface area contributed by atoms with Crippen LogP contribution in [0.25, 0.3) is 0 Å². The van der Waals surface area contributed by atoms with Crippen molar-refractivity contribution < 1.29 is 9.59 Å². The molecule has 0 saturated carbocycles. The van der Waals surface area contributed by atoms with E-state index in [9.17, 15) is 9.59 Å². The van der Waals surface area contributed by atoms with Gasteiger partial charge in [0.05, 0.1) is 17.5 Å². The molecule has 1 aliphatic carbocycles. The van der Waals surface area contributed by atoms with E-state index in [1.165, 1.54) is 16.0 Å². The van der Waals surface area contributed by atoms with Gasteiger partial charge in [0.1, 0.15) is 0 Å². The fourth-order valence-corrected chi connectivity index (χ4v) is 3.79. The van der Waals surface area contributed by atoms with Gasteiger partial charge in [-0.05, 0) is 43.7 Å². The molecule has 1 aromatic rings. The maximum Gasteiger partial charge on any atom is 0.238 e. The van der Waals surface area contributed by atoms with Gasteiger partial charge in [-0.25, -0.2) is 4.90 Å². The number of carbonyl (C=O) groups is 2. The lowest BCUT2D eigenvalue weighted by Gasteiger charge is -2.26. The molecule has 3 nitrogen and oxygen atoms in total. The number of hydrogen-bond acceptors (Lipinski definition) is 2. The van der Waals surface area contributed by atoms with Crippen molar-refractivity contribution in [3.05, 3.63) is 41.0 Å². The minimum atomic E-state index is -0.181. The van der Waals surface area contributed by atoms with E-state index in [0.717, 1.165) is 24.1 Å². The van der Waals surface area contributed by atoms with Crippen LogP contribution in [-0.2, 0) is 15.0 Å². The molecular formula is C20H25NO2. The molecule has 1 aromatic carbocycles. The first-order valence-corrected chi connectivity index (χ1v) is 8.34. The number of rotatable bonds is 1. The van der Waals surface area contributed by atoms with Crippen LogP contribution >= 0.6 is 0 Å². The molecule has 1 heterocycles. The molecule has 2 aliphatic rings. The van der Waals surface area contributed by atoms with Crippen LogP contribution in [0.5, 0.6) is 0 Å². The summed E-state index contributed by atoms with van der Waals surface area (Å²) >= 11 is 0. The Hall–Kier alpha value is -1.90. The molecule has 122 valence electrons. The maximum absolute atomic E-state index is 13.0. The van der Waals surface area contributed by atoms with E-state index in [-0.39, 0.29) is 29.1 Å². The highest BCUT2D eigenvalue weighted by molar-refractivity contribution is 6.22. The van der Waals surface area contributed by atoms with E-state index in [2.05, 4.69) is 34.6 Å². The number of anilines is 1. The van der Waals surface area contributed by atoms with Crippen LogP contribution in [0.2, 0.25) is 0 Å². The van der Waals surface area contributed by atoms with Crippen LogP contribution in [0.1, 0.15) is 53.0 Å². The number of hydrogen-bond donors (Lipinski definition) is 0. The molecule has 0 aromatic heterocycles. The van der Waals surface area contributed by atoms with Crippen molar-refractivity contribution in [2.75, 3.05) is 4.90 Å². The van der Waals surface area contributed by atoms with Crippen LogP contribution in [-0.4, -0.2) is 11.8 Å². The predicted octanol–water partition coefficient (Wildman–Crippen LogP) is 4.22. The van der Waals surface area contributed by atoms with E-state index >= 15 is 0 Å². The normalized spacial score (nSPS) is 25.2. The van der Waals surface area contributed by atoms with Gasteiger partial charge in [-0.15, -0.1) is 0 Å². The third-order valence-corrected chi connectivity index (χ3v) is 5.29. The van der Waals surface area contributed by atoms with Crippen molar-refractivity contribution in [1.82, 2.24) is 0 Å². The summed E-state index contributed by atoms with van der Waals surface area (Å²) in [4.78, 5) is 27.4. The van der Waals surface area contributed by atoms with Crippen LogP contribution in [0.4, 0.5) is 5.69 Å². The fourth-order valence-electron chi connectivity index (χ4n) is 3.79. The Balaban J connectivity index is 2.04. The van der Waals surface area contributed by atoms with Gasteiger partial charge in [-0.2, -0.15) is 0 Å². The zero-order chi connectivity index (χ0) is 16.9. The van der Waals surface area contributed by atoms with E-state index in [4.69, 9.17) is 0 Å². The van der Waals surface area contributed by atoms with Gasteiger partial charge < -0.3 is 0 Å². The van der Waals surface area contributed by atoms with Crippen LogP contribution in [0.15, 0.2) is 35.4 Å². The molecular weight excluding hydrogens is 286 g/mol. The average Bonchev–Trinajstić information content (AvgIpc) is 2.71. The average molecular weight is 311 g/mol. The van der Waals surface area contributed by atoms with Crippen LogP contribution in [0.3, 0.4) is 0 Å². The number of carbonyl (C=O) groups excluding carboxylic acids is 2. The summed E-state index contributed by atoms with van der Waals surface area (Å²) in [5, 5.41) is 0. The minimum Gasteiger partial charge on any atom is -0.274 e. The molecule has 0 spiro atoms. The van der Waals surface area contributed by atoms with Crippen molar-refractivity contribution in [1.29, 1.82) is 0 Å². The molecule has 1 aliphatic heterocycles. The fraction of sp³-hybridized carbons (Fsp3) is 0.500. The second-order valence-electron chi connectivity index (χ2n) is 7.96. The highest BCUT2D eigenvalue weighted by atomic mass is 16.2. The Kier molecular flexibility index (Phi) is 3.70. The highest BCUT2D eigenvalue weighted by Gasteiger charge is 2.50. The summed E-state index contributed by atoms with van der Waals surface area (Å²) in [6.45, 7) is 10.5. The summed E-state index contributed by atoms with van der Waals surface area (Å²) < 4.78 is 0. The number of allylic oxidation sites excluding steroid dienone is 2. The first-order chi connectivity index (χ1) is 10.7. The first kappa shape index (κ1) is 16.0. The second kappa shape index (κ2) is 5.33. The van der Waals surface area contributed by atoms with Crippen molar-refractivity contribution in [2.24, 2.45) is 11.8 Å². The number of imide groups is 1. The molecule has 2 amide bonds. The largest absolute Gasteiger partial charge is 0.274 e. The highest BCUT2D eigenvalue weighted by Crippen LogP contribution is 2.44. The molecule has 0 N–H and O–H groups in total. The number of amides is 2. The lowest BCUT2D eigenvalue weighted by molar-refractivity contribution is -0.122. The zero-order valence-corrected chi connectivity index (χ0v) is 14.6. The molecule has 0 radical (unpaired) electrons. The maximum atomic E-state index is 13.0. The lowest BCUT2D eigenvalue weighted by atomic mass is 9.78. The van der Waals surface area contributed by atoms with Crippen LogP contribution < -0.4 is 4.90 Å². The van der Waals surface area contributed by atoms with Crippen molar-refractivity contribution in [3.63, 3.8) is 0 Å². The van der Waals surface area contributed by atoms with Gasteiger partial charge in [0.2, 0.25) is 11.8 Å². The first-order valence-electron chi connectivity index (χ1n) is 8.34. The molecule has 0 unspecified atom stereocenters. The molecule has 3 heteroatoms. The molecule has 1 fully saturated rings. The summed E-state index contributed by atoms with van der Waals surface area (Å²) in [5.74, 6) is -0.412. The quantitative estimate of drug-likeness (QED) is 0.575. The number of benzene rings is 1. The summed E-state index contributed by atoms with van der Waals surface area (Å²) in [6, 6.07) is 7.80. The SMILES string of the molecule is CC1=C(C)C[C@H]2C(=O)N(c3ccccc3C(C)(C)C)C(=O)[C@H]2C1. The predicted molar refractivity (Wildman–Crippen MR) is 92.2 cm³/mol. The monoisotopic (exact) mass is 311 g/mol. The summed E-state index contributed by atoms with van der Waals surface area (Å²) in [7, 11) is 0. The Morgan fingerprint density at radius 2 is 1.39 bits per heavy atom. The van der Waals surface area contributed by atoms with Gasteiger partial charge in [-0.3, -0.25) is 9.59 Å². The Bertz CT molecular complexity index is 677.